The number of rotatable bonds is 2. The highest BCUT2D eigenvalue weighted by atomic mass is 79.9. The van der Waals surface area contributed by atoms with Crippen molar-refractivity contribution in [1.29, 1.82) is 0 Å². The molecule has 1 unspecified atom stereocenters. The third-order valence-electron chi connectivity index (χ3n) is 3.75. The standard InChI is InChI=1S/C16H14BrFO/c17-13-7-11(8-14(18)9-13)10-16(19)6-5-12-3-1-2-4-15(12)16/h1-4,7-9,19H,5-6,10H2. The molecule has 1 N–H and O–H groups in total. The van der Waals surface area contributed by atoms with E-state index in [0.29, 0.717) is 17.3 Å². The van der Waals surface area contributed by atoms with E-state index in [4.69, 9.17) is 0 Å². The van der Waals surface area contributed by atoms with Crippen LogP contribution in [0.4, 0.5) is 4.39 Å². The summed E-state index contributed by atoms with van der Waals surface area (Å²) in [6.45, 7) is 0. The van der Waals surface area contributed by atoms with Crippen LogP contribution in [0.1, 0.15) is 23.1 Å². The molecule has 0 amide bonds. The summed E-state index contributed by atoms with van der Waals surface area (Å²) in [5.74, 6) is -0.278. The Hall–Kier alpha value is -1.19. The van der Waals surface area contributed by atoms with E-state index in [-0.39, 0.29) is 5.82 Å². The summed E-state index contributed by atoms with van der Waals surface area (Å²) in [6, 6.07) is 12.7. The van der Waals surface area contributed by atoms with Gasteiger partial charge in [-0.25, -0.2) is 4.39 Å². The zero-order valence-corrected chi connectivity index (χ0v) is 12.0. The van der Waals surface area contributed by atoms with Gasteiger partial charge in [-0.2, -0.15) is 0 Å². The lowest BCUT2D eigenvalue weighted by molar-refractivity contribution is 0.0389. The maximum Gasteiger partial charge on any atom is 0.124 e. The Labute approximate surface area is 120 Å². The Bertz CT molecular complexity index is 606. The Morgan fingerprint density at radius 3 is 2.79 bits per heavy atom. The molecule has 0 saturated carbocycles. The third-order valence-corrected chi connectivity index (χ3v) is 4.20. The minimum absolute atomic E-state index is 0.278. The Morgan fingerprint density at radius 1 is 1.21 bits per heavy atom. The SMILES string of the molecule is OC1(Cc2cc(F)cc(Br)c2)CCc2ccccc21. The van der Waals surface area contributed by atoms with E-state index in [0.717, 1.165) is 17.5 Å². The fourth-order valence-corrected chi connectivity index (χ4v) is 3.42. The van der Waals surface area contributed by atoms with Gasteiger partial charge < -0.3 is 5.11 Å². The van der Waals surface area contributed by atoms with Gasteiger partial charge in [0.15, 0.2) is 0 Å². The van der Waals surface area contributed by atoms with Crippen LogP contribution in [0.25, 0.3) is 0 Å². The number of aliphatic hydroxyl groups is 1. The van der Waals surface area contributed by atoms with Gasteiger partial charge in [-0.05, 0) is 47.7 Å². The maximum atomic E-state index is 13.4. The summed E-state index contributed by atoms with van der Waals surface area (Å²) in [5.41, 5.74) is 2.12. The highest BCUT2D eigenvalue weighted by Crippen LogP contribution is 2.39. The molecule has 0 saturated heterocycles. The second-order valence-electron chi connectivity index (χ2n) is 5.14. The molecular weight excluding hydrogens is 307 g/mol. The molecule has 1 aliphatic rings. The van der Waals surface area contributed by atoms with Gasteiger partial charge in [-0.1, -0.05) is 40.2 Å². The predicted molar refractivity (Wildman–Crippen MR) is 76.5 cm³/mol. The molecule has 0 bridgehead atoms. The molecule has 98 valence electrons. The fourth-order valence-electron chi connectivity index (χ4n) is 2.90. The lowest BCUT2D eigenvalue weighted by Crippen LogP contribution is -2.25. The molecule has 1 atom stereocenters. The van der Waals surface area contributed by atoms with Crippen LogP contribution in [0.15, 0.2) is 46.9 Å². The van der Waals surface area contributed by atoms with E-state index in [1.807, 2.05) is 24.3 Å². The van der Waals surface area contributed by atoms with Crippen LogP contribution in [0.2, 0.25) is 0 Å². The minimum atomic E-state index is -0.871. The van der Waals surface area contributed by atoms with Crippen molar-refractivity contribution in [3.05, 3.63) is 69.4 Å². The van der Waals surface area contributed by atoms with E-state index in [1.54, 1.807) is 0 Å². The molecule has 0 aliphatic heterocycles. The molecule has 3 rings (SSSR count). The zero-order chi connectivity index (χ0) is 13.5. The quantitative estimate of drug-likeness (QED) is 0.887. The van der Waals surface area contributed by atoms with Crippen molar-refractivity contribution in [1.82, 2.24) is 0 Å². The molecule has 0 heterocycles. The van der Waals surface area contributed by atoms with Gasteiger partial charge >= 0.3 is 0 Å². The largest absolute Gasteiger partial charge is 0.385 e. The predicted octanol–water partition coefficient (Wildman–Crippen LogP) is 3.96. The summed E-state index contributed by atoms with van der Waals surface area (Å²) in [5, 5.41) is 10.8. The molecule has 0 fully saturated rings. The molecule has 0 spiro atoms. The van der Waals surface area contributed by atoms with Crippen molar-refractivity contribution in [2.75, 3.05) is 0 Å². The Morgan fingerprint density at radius 2 is 2.00 bits per heavy atom. The molecule has 1 aliphatic carbocycles. The van der Waals surface area contributed by atoms with E-state index < -0.39 is 5.60 Å². The van der Waals surface area contributed by atoms with Gasteiger partial charge in [0.1, 0.15) is 5.82 Å². The highest BCUT2D eigenvalue weighted by molar-refractivity contribution is 9.10. The first-order chi connectivity index (χ1) is 9.07. The van der Waals surface area contributed by atoms with Crippen LogP contribution in [0.3, 0.4) is 0 Å². The van der Waals surface area contributed by atoms with Crippen LogP contribution < -0.4 is 0 Å². The lowest BCUT2D eigenvalue weighted by Gasteiger charge is -2.24. The van der Waals surface area contributed by atoms with Gasteiger partial charge in [0, 0.05) is 10.9 Å². The zero-order valence-electron chi connectivity index (χ0n) is 10.4. The van der Waals surface area contributed by atoms with E-state index in [9.17, 15) is 9.50 Å². The van der Waals surface area contributed by atoms with Crippen molar-refractivity contribution in [2.24, 2.45) is 0 Å². The average Bonchev–Trinajstić information content (AvgIpc) is 2.66. The molecule has 3 heteroatoms. The Kier molecular flexibility index (Phi) is 3.19. The van der Waals surface area contributed by atoms with Crippen molar-refractivity contribution in [3.63, 3.8) is 0 Å². The fraction of sp³-hybridized carbons (Fsp3) is 0.250. The summed E-state index contributed by atoms with van der Waals surface area (Å²) in [7, 11) is 0. The number of aryl methyl sites for hydroxylation is 1. The third kappa shape index (κ3) is 2.45. The number of benzene rings is 2. The van der Waals surface area contributed by atoms with Crippen molar-refractivity contribution in [2.45, 2.75) is 24.9 Å². The van der Waals surface area contributed by atoms with Crippen molar-refractivity contribution < 1.29 is 9.50 Å². The van der Waals surface area contributed by atoms with Crippen LogP contribution in [0, 0.1) is 5.82 Å². The van der Waals surface area contributed by atoms with Gasteiger partial charge in [0.05, 0.1) is 5.60 Å². The first kappa shape index (κ1) is 12.8. The van der Waals surface area contributed by atoms with E-state index in [2.05, 4.69) is 22.0 Å². The first-order valence-electron chi connectivity index (χ1n) is 6.33. The summed E-state index contributed by atoms with van der Waals surface area (Å²) in [6.07, 6.45) is 2.02. The van der Waals surface area contributed by atoms with Crippen LogP contribution in [-0.4, -0.2) is 5.11 Å². The first-order valence-corrected chi connectivity index (χ1v) is 7.12. The van der Waals surface area contributed by atoms with Gasteiger partial charge in [0.2, 0.25) is 0 Å². The van der Waals surface area contributed by atoms with Crippen molar-refractivity contribution >= 4 is 15.9 Å². The summed E-state index contributed by atoms with van der Waals surface area (Å²) >= 11 is 3.29. The van der Waals surface area contributed by atoms with Crippen LogP contribution in [-0.2, 0) is 18.4 Å². The number of fused-ring (bicyclic) bond motifs is 1. The second-order valence-corrected chi connectivity index (χ2v) is 6.06. The number of hydrogen-bond acceptors (Lipinski definition) is 1. The summed E-state index contributed by atoms with van der Waals surface area (Å²) < 4.78 is 14.1. The topological polar surface area (TPSA) is 20.2 Å². The van der Waals surface area contributed by atoms with Gasteiger partial charge in [-0.15, -0.1) is 0 Å². The Balaban J connectivity index is 1.95. The number of halogens is 2. The molecular formula is C16H14BrFO. The lowest BCUT2D eigenvalue weighted by atomic mass is 9.89. The molecule has 0 radical (unpaired) electrons. The maximum absolute atomic E-state index is 13.4. The smallest absolute Gasteiger partial charge is 0.124 e. The van der Waals surface area contributed by atoms with Crippen molar-refractivity contribution in [3.8, 4) is 0 Å². The monoisotopic (exact) mass is 320 g/mol. The molecule has 2 aromatic rings. The molecule has 19 heavy (non-hydrogen) atoms. The van der Waals surface area contributed by atoms with Crippen LogP contribution >= 0.6 is 15.9 Å². The van der Waals surface area contributed by atoms with Gasteiger partial charge in [0.25, 0.3) is 0 Å². The van der Waals surface area contributed by atoms with E-state index in [1.165, 1.54) is 17.7 Å². The second kappa shape index (κ2) is 4.73. The van der Waals surface area contributed by atoms with Crippen LogP contribution in [0.5, 0.6) is 0 Å². The minimum Gasteiger partial charge on any atom is -0.385 e. The highest BCUT2D eigenvalue weighted by Gasteiger charge is 2.36. The molecule has 0 aromatic heterocycles. The normalized spacial score (nSPS) is 21.4. The number of hydrogen-bond donors (Lipinski definition) is 1. The average molecular weight is 321 g/mol. The van der Waals surface area contributed by atoms with Gasteiger partial charge in [-0.3, -0.25) is 0 Å². The molecule has 2 aromatic carbocycles. The van der Waals surface area contributed by atoms with E-state index >= 15 is 0 Å². The molecule has 1 nitrogen and oxygen atoms in total. The summed E-state index contributed by atoms with van der Waals surface area (Å²) in [4.78, 5) is 0.